The minimum atomic E-state index is -0.727. The number of aryl methyl sites for hydroxylation is 2. The van der Waals surface area contributed by atoms with Gasteiger partial charge in [-0.15, -0.1) is 0 Å². The summed E-state index contributed by atoms with van der Waals surface area (Å²) in [6.07, 6.45) is 4.71. The molecule has 0 radical (unpaired) electrons. The van der Waals surface area contributed by atoms with Crippen LogP contribution in [0.2, 0.25) is 0 Å². The van der Waals surface area contributed by atoms with E-state index in [9.17, 15) is 5.11 Å². The van der Waals surface area contributed by atoms with Gasteiger partial charge >= 0.3 is 0 Å². The normalized spacial score (nSPS) is 17.9. The minimum absolute atomic E-state index is 0.0463. The van der Waals surface area contributed by atoms with Gasteiger partial charge in [-0.25, -0.2) is 0 Å². The summed E-state index contributed by atoms with van der Waals surface area (Å²) >= 11 is 0. The van der Waals surface area contributed by atoms with Crippen LogP contribution in [-0.4, -0.2) is 37.1 Å². The average molecular weight is 497 g/mol. The van der Waals surface area contributed by atoms with Gasteiger partial charge in [-0.2, -0.15) is 0 Å². The first-order valence-electron chi connectivity index (χ1n) is 13.7. The van der Waals surface area contributed by atoms with Gasteiger partial charge in [-0.05, 0) is 77.3 Å². The van der Waals surface area contributed by atoms with Gasteiger partial charge in [0.25, 0.3) is 0 Å². The van der Waals surface area contributed by atoms with Crippen LogP contribution in [0.4, 0.5) is 0 Å². The van der Waals surface area contributed by atoms with Crippen molar-refractivity contribution >= 4 is 0 Å². The highest BCUT2D eigenvalue weighted by Crippen LogP contribution is 2.34. The maximum absolute atomic E-state index is 11.7. The van der Waals surface area contributed by atoms with E-state index in [0.29, 0.717) is 39.3 Å². The van der Waals surface area contributed by atoms with Crippen LogP contribution in [0.5, 0.6) is 11.5 Å². The van der Waals surface area contributed by atoms with E-state index in [-0.39, 0.29) is 10.8 Å². The first kappa shape index (κ1) is 28.5. The monoisotopic (exact) mass is 496 g/mol. The number of hydrogen-bond donors (Lipinski definition) is 1. The van der Waals surface area contributed by atoms with E-state index in [1.807, 2.05) is 0 Å². The first-order chi connectivity index (χ1) is 16.9. The summed E-state index contributed by atoms with van der Waals surface area (Å²) in [6, 6.07) is 13.1. The molecule has 2 aromatic carbocycles. The number of aliphatic hydroxyl groups is 1. The lowest BCUT2D eigenvalue weighted by molar-refractivity contribution is 0.0136. The van der Waals surface area contributed by atoms with Gasteiger partial charge in [0.1, 0.15) is 24.7 Å². The maximum Gasteiger partial charge on any atom is 0.122 e. The van der Waals surface area contributed by atoms with E-state index in [2.05, 4.69) is 84.9 Å². The topological polar surface area (TPSA) is 47.9 Å². The van der Waals surface area contributed by atoms with E-state index in [1.165, 1.54) is 11.1 Å². The molecule has 1 aliphatic heterocycles. The van der Waals surface area contributed by atoms with Gasteiger partial charge in [-0.1, -0.05) is 79.2 Å². The van der Waals surface area contributed by atoms with Gasteiger partial charge in [0.15, 0.2) is 0 Å². The van der Waals surface area contributed by atoms with Crippen molar-refractivity contribution in [3.05, 3.63) is 58.7 Å². The highest BCUT2D eigenvalue weighted by Gasteiger charge is 2.27. The second kappa shape index (κ2) is 12.0. The lowest BCUT2D eigenvalue weighted by Gasteiger charge is -2.29. The molecule has 0 aliphatic carbocycles. The summed E-state index contributed by atoms with van der Waals surface area (Å²) in [6.45, 7) is 17.5. The quantitative estimate of drug-likeness (QED) is 0.479. The van der Waals surface area contributed by atoms with Crippen LogP contribution in [-0.2, 0) is 28.4 Å². The Balaban J connectivity index is 1.88. The van der Waals surface area contributed by atoms with Crippen LogP contribution in [0.1, 0.15) is 96.4 Å². The summed E-state index contributed by atoms with van der Waals surface area (Å²) in [5, 5.41) is 11.7. The second-order valence-electron chi connectivity index (χ2n) is 12.4. The van der Waals surface area contributed by atoms with Gasteiger partial charge in [-0.3, -0.25) is 0 Å². The molecule has 0 spiro atoms. The Morgan fingerprint density at radius 2 is 1.17 bits per heavy atom. The van der Waals surface area contributed by atoms with Crippen molar-refractivity contribution < 1.29 is 19.3 Å². The molecular weight excluding hydrogens is 448 g/mol. The largest absolute Gasteiger partial charge is 0.491 e. The molecular formula is C32H48O4. The molecule has 2 aromatic rings. The van der Waals surface area contributed by atoms with Crippen LogP contribution < -0.4 is 9.47 Å². The fraction of sp³-hybridized carbons (Fsp3) is 0.625. The van der Waals surface area contributed by atoms with Crippen LogP contribution in [0.3, 0.4) is 0 Å². The highest BCUT2D eigenvalue weighted by atomic mass is 16.5. The molecule has 36 heavy (non-hydrogen) atoms. The molecule has 0 saturated carbocycles. The lowest BCUT2D eigenvalue weighted by Crippen LogP contribution is -2.30. The van der Waals surface area contributed by atoms with Gasteiger partial charge < -0.3 is 19.3 Å². The zero-order chi connectivity index (χ0) is 26.4. The molecule has 1 N–H and O–H groups in total. The zero-order valence-electron chi connectivity index (χ0n) is 23.7. The number of rotatable bonds is 2. The molecule has 200 valence electrons. The van der Waals surface area contributed by atoms with Crippen molar-refractivity contribution in [2.75, 3.05) is 26.4 Å². The molecule has 0 unspecified atom stereocenters. The molecule has 0 saturated heterocycles. The Kier molecular flexibility index (Phi) is 9.51. The average Bonchev–Trinajstić information content (AvgIpc) is 2.80. The smallest absolute Gasteiger partial charge is 0.122 e. The fourth-order valence-corrected chi connectivity index (χ4v) is 4.82. The van der Waals surface area contributed by atoms with Crippen LogP contribution >= 0.6 is 0 Å². The van der Waals surface area contributed by atoms with Crippen LogP contribution in [0, 0.1) is 0 Å². The molecule has 0 fully saturated rings. The molecule has 1 heterocycles. The Morgan fingerprint density at radius 1 is 0.722 bits per heavy atom. The Labute approximate surface area is 219 Å². The van der Waals surface area contributed by atoms with Crippen molar-refractivity contribution in [1.82, 2.24) is 0 Å². The number of benzene rings is 2. The summed E-state index contributed by atoms with van der Waals surface area (Å²) in [5.41, 5.74) is 4.18. The van der Waals surface area contributed by atoms with Gasteiger partial charge in [0.05, 0.1) is 18.8 Å². The molecule has 4 nitrogen and oxygen atoms in total. The molecule has 1 aliphatic rings. The predicted octanol–water partition coefficient (Wildman–Crippen LogP) is 7.17. The third kappa shape index (κ3) is 7.98. The summed E-state index contributed by atoms with van der Waals surface area (Å²) < 4.78 is 18.3. The third-order valence-electron chi connectivity index (χ3n) is 7.27. The van der Waals surface area contributed by atoms with Gasteiger partial charge in [0, 0.05) is 0 Å². The van der Waals surface area contributed by atoms with Crippen molar-refractivity contribution in [2.24, 2.45) is 0 Å². The van der Waals surface area contributed by atoms with E-state index >= 15 is 0 Å². The summed E-state index contributed by atoms with van der Waals surface area (Å²) in [7, 11) is 0. The second-order valence-corrected chi connectivity index (χ2v) is 12.4. The molecule has 3 rings (SSSR count). The summed E-state index contributed by atoms with van der Waals surface area (Å²) in [4.78, 5) is 0. The highest BCUT2D eigenvalue weighted by molar-refractivity contribution is 5.41. The summed E-state index contributed by atoms with van der Waals surface area (Å²) in [5.74, 6) is 1.82. The first-order valence-corrected chi connectivity index (χ1v) is 13.7. The van der Waals surface area contributed by atoms with Gasteiger partial charge in [0.2, 0.25) is 0 Å². The SMILES string of the molecule is CCCC1(O)CCc2ccc(C(C)(C)C)cc2OCCOCCOc2cc(C(C)(C)C)ccc2CC1. The van der Waals surface area contributed by atoms with E-state index in [1.54, 1.807) is 0 Å². The van der Waals surface area contributed by atoms with Crippen molar-refractivity contribution in [3.8, 4) is 11.5 Å². The third-order valence-corrected chi connectivity index (χ3v) is 7.27. The van der Waals surface area contributed by atoms with Crippen LogP contribution in [0.25, 0.3) is 0 Å². The molecule has 0 aromatic heterocycles. The fourth-order valence-electron chi connectivity index (χ4n) is 4.82. The number of hydrogen-bond acceptors (Lipinski definition) is 4. The predicted molar refractivity (Wildman–Crippen MR) is 149 cm³/mol. The minimum Gasteiger partial charge on any atom is -0.491 e. The molecule has 0 bridgehead atoms. The molecule has 0 amide bonds. The van der Waals surface area contributed by atoms with Crippen molar-refractivity contribution in [1.29, 1.82) is 0 Å². The van der Waals surface area contributed by atoms with E-state index in [4.69, 9.17) is 14.2 Å². The standard InChI is InChI=1S/C32H48O4/c1-8-15-32(33)16-13-24-9-11-26(30(2,3)4)22-28(24)35-20-18-34-19-21-36-29-23-27(31(5,6)7)12-10-25(29)14-17-32/h9-12,22-23,33H,8,13-21H2,1-7H3. The lowest BCUT2D eigenvalue weighted by atomic mass is 9.82. The van der Waals surface area contributed by atoms with E-state index in [0.717, 1.165) is 48.3 Å². The van der Waals surface area contributed by atoms with E-state index < -0.39 is 5.60 Å². The Hall–Kier alpha value is -2.04. The number of fused-ring (bicyclic) bond motifs is 2. The van der Waals surface area contributed by atoms with Crippen molar-refractivity contribution in [3.63, 3.8) is 0 Å². The molecule has 0 atom stereocenters. The number of ether oxygens (including phenoxy) is 3. The maximum atomic E-state index is 11.7. The zero-order valence-corrected chi connectivity index (χ0v) is 23.7. The molecule has 4 heteroatoms. The Bertz CT molecular complexity index is 907. The Morgan fingerprint density at radius 3 is 1.56 bits per heavy atom. The van der Waals surface area contributed by atoms with Crippen LogP contribution in [0.15, 0.2) is 36.4 Å². The van der Waals surface area contributed by atoms with Crippen molar-refractivity contribution in [2.45, 2.75) is 103 Å².